The number of hydrogen-bond donors (Lipinski definition) is 1. The Labute approximate surface area is 113 Å². The fourth-order valence-corrected chi connectivity index (χ4v) is 1.72. The highest BCUT2D eigenvalue weighted by atomic mass is 35.5. The summed E-state index contributed by atoms with van der Waals surface area (Å²) in [6.45, 7) is 1.76. The number of aromatic nitrogens is 3. The molecular weight excluding hydrogens is 275 g/mol. The smallest absolute Gasteiger partial charge is 0.258 e. The van der Waals surface area contributed by atoms with Crippen molar-refractivity contribution in [3.05, 3.63) is 46.0 Å². The predicted octanol–water partition coefficient (Wildman–Crippen LogP) is 2.74. The number of rotatable bonds is 2. The molecule has 0 saturated heterocycles. The molecule has 1 amide bonds. The van der Waals surface area contributed by atoms with Crippen LogP contribution >= 0.6 is 23.2 Å². The van der Waals surface area contributed by atoms with Crippen LogP contribution in [-0.4, -0.2) is 20.9 Å². The molecule has 0 bridgehead atoms. The first-order valence-corrected chi connectivity index (χ1v) is 5.74. The van der Waals surface area contributed by atoms with Crippen molar-refractivity contribution >= 4 is 35.1 Å². The van der Waals surface area contributed by atoms with E-state index in [1.807, 2.05) is 0 Å². The number of nitrogens with zero attached hydrogens (tertiary/aromatic N) is 3. The molecule has 0 aromatic carbocycles. The molecule has 0 radical (unpaired) electrons. The van der Waals surface area contributed by atoms with E-state index >= 15 is 0 Å². The van der Waals surface area contributed by atoms with E-state index in [1.165, 1.54) is 12.3 Å². The van der Waals surface area contributed by atoms with Gasteiger partial charge >= 0.3 is 0 Å². The van der Waals surface area contributed by atoms with Crippen molar-refractivity contribution < 1.29 is 4.79 Å². The molecule has 5 nitrogen and oxygen atoms in total. The Bertz CT molecular complexity index is 583. The molecule has 0 aliphatic rings. The molecule has 2 aromatic rings. The second kappa shape index (κ2) is 5.29. The van der Waals surface area contributed by atoms with E-state index in [0.29, 0.717) is 11.3 Å². The number of carbonyl (C=O) groups is 1. The zero-order chi connectivity index (χ0) is 13.1. The normalized spacial score (nSPS) is 10.2. The first-order chi connectivity index (χ1) is 8.54. The number of carbonyl (C=O) groups excluding carboxylic acids is 1. The summed E-state index contributed by atoms with van der Waals surface area (Å²) in [5.41, 5.74) is 1.04. The highest BCUT2D eigenvalue weighted by molar-refractivity contribution is 6.30. The molecule has 18 heavy (non-hydrogen) atoms. The fraction of sp³-hybridized carbons (Fsp3) is 0.0909. The van der Waals surface area contributed by atoms with E-state index in [4.69, 9.17) is 23.2 Å². The van der Waals surface area contributed by atoms with Gasteiger partial charge < -0.3 is 0 Å². The van der Waals surface area contributed by atoms with Crippen molar-refractivity contribution in [2.24, 2.45) is 0 Å². The number of anilines is 1. The highest BCUT2D eigenvalue weighted by Gasteiger charge is 2.09. The maximum atomic E-state index is 11.9. The number of halogens is 2. The van der Waals surface area contributed by atoms with Crippen LogP contribution in [0.4, 0.5) is 5.95 Å². The molecule has 1 N–H and O–H groups in total. The third-order valence-electron chi connectivity index (χ3n) is 2.04. The third-order valence-corrected chi connectivity index (χ3v) is 2.44. The lowest BCUT2D eigenvalue weighted by molar-refractivity contribution is 0.102. The molecule has 2 aromatic heterocycles. The van der Waals surface area contributed by atoms with Gasteiger partial charge in [-0.3, -0.25) is 10.1 Å². The van der Waals surface area contributed by atoms with Crippen LogP contribution in [0.15, 0.2) is 24.4 Å². The summed E-state index contributed by atoms with van der Waals surface area (Å²) in [6.07, 6.45) is 1.45. The Kier molecular flexibility index (Phi) is 3.74. The van der Waals surface area contributed by atoms with E-state index in [-0.39, 0.29) is 22.2 Å². The topological polar surface area (TPSA) is 67.8 Å². The molecule has 0 atom stereocenters. The van der Waals surface area contributed by atoms with E-state index in [0.717, 1.165) is 0 Å². The van der Waals surface area contributed by atoms with Crippen molar-refractivity contribution in [1.29, 1.82) is 0 Å². The van der Waals surface area contributed by atoms with Gasteiger partial charge in [0.15, 0.2) is 0 Å². The van der Waals surface area contributed by atoms with E-state index in [1.54, 1.807) is 19.1 Å². The van der Waals surface area contributed by atoms with Crippen molar-refractivity contribution in [2.75, 3.05) is 5.32 Å². The quantitative estimate of drug-likeness (QED) is 0.679. The second-order valence-electron chi connectivity index (χ2n) is 3.48. The zero-order valence-corrected chi connectivity index (χ0v) is 10.8. The SMILES string of the molecule is Cc1cc(Cl)nc(NC(=O)c2ccnc(Cl)c2)n1. The van der Waals surface area contributed by atoms with Gasteiger partial charge in [-0.25, -0.2) is 15.0 Å². The van der Waals surface area contributed by atoms with Crippen LogP contribution in [0.5, 0.6) is 0 Å². The number of amides is 1. The average molecular weight is 283 g/mol. The van der Waals surface area contributed by atoms with E-state index in [2.05, 4.69) is 20.3 Å². The molecule has 2 rings (SSSR count). The molecule has 2 heterocycles. The third kappa shape index (κ3) is 3.15. The van der Waals surface area contributed by atoms with Crippen molar-refractivity contribution in [2.45, 2.75) is 6.92 Å². The van der Waals surface area contributed by atoms with Crippen LogP contribution in [0.25, 0.3) is 0 Å². The molecule has 0 unspecified atom stereocenters. The molecule has 0 spiro atoms. The first kappa shape index (κ1) is 12.7. The summed E-state index contributed by atoms with van der Waals surface area (Å²) in [4.78, 5) is 23.6. The van der Waals surface area contributed by atoms with E-state index < -0.39 is 0 Å². The first-order valence-electron chi connectivity index (χ1n) is 4.99. The number of pyridine rings is 1. The Morgan fingerprint density at radius 1 is 1.22 bits per heavy atom. The van der Waals surface area contributed by atoms with Crippen molar-refractivity contribution in [3.8, 4) is 0 Å². The van der Waals surface area contributed by atoms with Gasteiger partial charge in [-0.15, -0.1) is 0 Å². The lowest BCUT2D eigenvalue weighted by atomic mass is 10.2. The van der Waals surface area contributed by atoms with Crippen molar-refractivity contribution in [1.82, 2.24) is 15.0 Å². The van der Waals surface area contributed by atoms with Crippen LogP contribution in [-0.2, 0) is 0 Å². The van der Waals surface area contributed by atoms with Gasteiger partial charge in [0.05, 0.1) is 0 Å². The fourth-order valence-electron chi connectivity index (χ4n) is 1.30. The lowest BCUT2D eigenvalue weighted by Gasteiger charge is -2.04. The Morgan fingerprint density at radius 2 is 2.00 bits per heavy atom. The van der Waals surface area contributed by atoms with Crippen LogP contribution in [0.3, 0.4) is 0 Å². The Morgan fingerprint density at radius 3 is 2.67 bits per heavy atom. The summed E-state index contributed by atoms with van der Waals surface area (Å²) in [7, 11) is 0. The molecule has 0 aliphatic carbocycles. The molecule has 0 aliphatic heterocycles. The largest absolute Gasteiger partial charge is 0.290 e. The molecular formula is C11H8Cl2N4O. The van der Waals surface area contributed by atoms with Gasteiger partial charge in [-0.05, 0) is 25.1 Å². The van der Waals surface area contributed by atoms with Gasteiger partial charge in [0.2, 0.25) is 5.95 Å². The number of aryl methyl sites for hydroxylation is 1. The van der Waals surface area contributed by atoms with Gasteiger partial charge in [0.1, 0.15) is 10.3 Å². The van der Waals surface area contributed by atoms with E-state index in [9.17, 15) is 4.79 Å². The Hall–Kier alpha value is -1.72. The highest BCUT2D eigenvalue weighted by Crippen LogP contribution is 2.12. The minimum absolute atomic E-state index is 0.151. The van der Waals surface area contributed by atoms with Gasteiger partial charge in [-0.2, -0.15) is 0 Å². The minimum atomic E-state index is -0.374. The summed E-state index contributed by atoms with van der Waals surface area (Å²) in [5.74, 6) is -0.223. The summed E-state index contributed by atoms with van der Waals surface area (Å²) in [5, 5.41) is 3.05. The monoisotopic (exact) mass is 282 g/mol. The molecule has 0 fully saturated rings. The number of hydrogen-bond acceptors (Lipinski definition) is 4. The molecule has 92 valence electrons. The summed E-state index contributed by atoms with van der Waals surface area (Å²) < 4.78 is 0. The number of nitrogens with one attached hydrogen (secondary N) is 1. The molecule has 7 heteroatoms. The Balaban J connectivity index is 2.21. The van der Waals surface area contributed by atoms with Crippen LogP contribution in [0.2, 0.25) is 10.3 Å². The maximum Gasteiger partial charge on any atom is 0.258 e. The summed E-state index contributed by atoms with van der Waals surface area (Å²) in [6, 6.07) is 4.59. The van der Waals surface area contributed by atoms with Gasteiger partial charge in [0, 0.05) is 17.5 Å². The van der Waals surface area contributed by atoms with Crippen molar-refractivity contribution in [3.63, 3.8) is 0 Å². The lowest BCUT2D eigenvalue weighted by Crippen LogP contribution is -2.14. The summed E-state index contributed by atoms with van der Waals surface area (Å²) >= 11 is 11.5. The van der Waals surface area contributed by atoms with Gasteiger partial charge in [0.25, 0.3) is 5.91 Å². The zero-order valence-electron chi connectivity index (χ0n) is 9.32. The predicted molar refractivity (Wildman–Crippen MR) is 69.0 cm³/mol. The minimum Gasteiger partial charge on any atom is -0.290 e. The second-order valence-corrected chi connectivity index (χ2v) is 4.25. The van der Waals surface area contributed by atoms with Crippen LogP contribution in [0.1, 0.15) is 16.1 Å². The van der Waals surface area contributed by atoms with Gasteiger partial charge in [-0.1, -0.05) is 23.2 Å². The molecule has 0 saturated carbocycles. The maximum absolute atomic E-state index is 11.9. The standard InChI is InChI=1S/C11H8Cl2N4O/c1-6-4-9(13)16-11(15-6)17-10(18)7-2-3-14-8(12)5-7/h2-5H,1H3,(H,15,16,17,18). The van der Waals surface area contributed by atoms with Crippen LogP contribution < -0.4 is 5.32 Å². The van der Waals surface area contributed by atoms with Crippen LogP contribution in [0, 0.1) is 6.92 Å². The average Bonchev–Trinajstić information content (AvgIpc) is 2.27.